The smallest absolute Gasteiger partial charge is 0.309 e. The van der Waals surface area contributed by atoms with Gasteiger partial charge in [-0.25, -0.2) is 0 Å². The molecule has 3 aliphatic rings. The van der Waals surface area contributed by atoms with Crippen LogP contribution in [0.15, 0.2) is 0 Å². The minimum atomic E-state index is -0.488. The Morgan fingerprint density at radius 2 is 2.08 bits per heavy atom. The molecule has 4 nitrogen and oxygen atoms in total. The lowest BCUT2D eigenvalue weighted by Gasteiger charge is -2.23. The predicted molar refractivity (Wildman–Crippen MR) is 41.5 cm³/mol. The lowest BCUT2D eigenvalue weighted by atomic mass is 9.80. The highest BCUT2D eigenvalue weighted by molar-refractivity contribution is 5.76. The molecule has 1 aliphatic heterocycles. The van der Waals surface area contributed by atoms with Crippen LogP contribution in [0.1, 0.15) is 6.42 Å². The van der Waals surface area contributed by atoms with Crippen LogP contribution < -0.4 is 0 Å². The lowest BCUT2D eigenvalue weighted by Crippen LogP contribution is -2.31. The van der Waals surface area contributed by atoms with Crippen molar-refractivity contribution in [3.8, 4) is 0 Å². The molecule has 0 unspecified atom stereocenters. The number of hydrogen-bond donors (Lipinski definition) is 2. The highest BCUT2D eigenvalue weighted by Crippen LogP contribution is 2.55. The number of carbonyl (C=O) groups is 1. The molecule has 2 saturated carbocycles. The zero-order chi connectivity index (χ0) is 9.16. The monoisotopic (exact) mass is 184 g/mol. The van der Waals surface area contributed by atoms with Crippen LogP contribution in [0.3, 0.4) is 0 Å². The van der Waals surface area contributed by atoms with Crippen LogP contribution in [0.4, 0.5) is 0 Å². The maximum atomic E-state index is 11.3. The van der Waals surface area contributed by atoms with Gasteiger partial charge in [0.2, 0.25) is 0 Å². The Kier molecular flexibility index (Phi) is 1.34. The molecule has 0 amide bonds. The Bertz CT molecular complexity index is 262. The SMILES string of the molecule is O=C1OC[C@@H]2[C@H]1[C@H]1C[C@H](O)[C@@H]2[C@H]1O. The normalized spacial score (nSPS) is 58.2. The second-order valence-electron chi connectivity index (χ2n) is 4.35. The summed E-state index contributed by atoms with van der Waals surface area (Å²) in [6.07, 6.45) is -0.365. The van der Waals surface area contributed by atoms with E-state index in [2.05, 4.69) is 0 Å². The Morgan fingerprint density at radius 1 is 1.31 bits per heavy atom. The highest BCUT2D eigenvalue weighted by Gasteiger charge is 2.63. The first-order valence-corrected chi connectivity index (χ1v) is 4.73. The molecule has 0 spiro atoms. The van der Waals surface area contributed by atoms with Crippen molar-refractivity contribution >= 4 is 5.97 Å². The van der Waals surface area contributed by atoms with Crippen LogP contribution in [0.5, 0.6) is 0 Å². The molecule has 2 N–H and O–H groups in total. The van der Waals surface area contributed by atoms with E-state index in [1.54, 1.807) is 0 Å². The van der Waals surface area contributed by atoms with Gasteiger partial charge in [-0.3, -0.25) is 4.79 Å². The van der Waals surface area contributed by atoms with Crippen LogP contribution in [-0.4, -0.2) is 35.0 Å². The highest BCUT2D eigenvalue weighted by atomic mass is 16.5. The van der Waals surface area contributed by atoms with Gasteiger partial charge >= 0.3 is 5.97 Å². The van der Waals surface area contributed by atoms with E-state index in [1.165, 1.54) is 0 Å². The van der Waals surface area contributed by atoms with Crippen LogP contribution in [0.2, 0.25) is 0 Å². The topological polar surface area (TPSA) is 66.8 Å². The van der Waals surface area contributed by atoms with Crippen LogP contribution in [-0.2, 0) is 9.53 Å². The van der Waals surface area contributed by atoms with Crippen molar-refractivity contribution in [1.29, 1.82) is 0 Å². The zero-order valence-corrected chi connectivity index (χ0v) is 7.09. The molecule has 0 aromatic rings. The van der Waals surface area contributed by atoms with E-state index in [9.17, 15) is 15.0 Å². The summed E-state index contributed by atoms with van der Waals surface area (Å²) in [4.78, 5) is 11.3. The van der Waals surface area contributed by atoms with Crippen molar-refractivity contribution in [2.75, 3.05) is 6.61 Å². The van der Waals surface area contributed by atoms with Gasteiger partial charge in [0.25, 0.3) is 0 Å². The molecule has 2 aliphatic carbocycles. The third-order valence-electron chi connectivity index (χ3n) is 3.90. The van der Waals surface area contributed by atoms with E-state index in [-0.39, 0.29) is 29.6 Å². The molecule has 0 radical (unpaired) electrons. The first-order chi connectivity index (χ1) is 6.20. The molecule has 72 valence electrons. The van der Waals surface area contributed by atoms with E-state index >= 15 is 0 Å². The van der Waals surface area contributed by atoms with Gasteiger partial charge in [0.15, 0.2) is 0 Å². The molecule has 0 aromatic carbocycles. The fourth-order valence-corrected chi connectivity index (χ4v) is 3.38. The van der Waals surface area contributed by atoms with Gasteiger partial charge in [-0.05, 0) is 6.42 Å². The average molecular weight is 184 g/mol. The first kappa shape index (κ1) is 7.76. The van der Waals surface area contributed by atoms with E-state index in [1.807, 2.05) is 0 Å². The summed E-state index contributed by atoms with van der Waals surface area (Å²) in [7, 11) is 0. The maximum Gasteiger partial charge on any atom is 0.309 e. The summed E-state index contributed by atoms with van der Waals surface area (Å²) in [6.45, 7) is 0.388. The second-order valence-corrected chi connectivity index (χ2v) is 4.35. The molecule has 6 atom stereocenters. The summed E-state index contributed by atoms with van der Waals surface area (Å²) in [6, 6.07) is 0. The summed E-state index contributed by atoms with van der Waals surface area (Å²) >= 11 is 0. The molecule has 3 fully saturated rings. The molecule has 2 bridgehead atoms. The number of fused-ring (bicyclic) bond motifs is 5. The van der Waals surface area contributed by atoms with Crippen LogP contribution in [0.25, 0.3) is 0 Å². The van der Waals surface area contributed by atoms with Crippen molar-refractivity contribution in [1.82, 2.24) is 0 Å². The van der Waals surface area contributed by atoms with Crippen molar-refractivity contribution in [3.05, 3.63) is 0 Å². The number of ether oxygens (including phenoxy) is 1. The maximum absolute atomic E-state index is 11.3. The summed E-state index contributed by atoms with van der Waals surface area (Å²) in [5, 5.41) is 19.4. The van der Waals surface area contributed by atoms with Crippen molar-refractivity contribution in [2.24, 2.45) is 23.7 Å². The summed E-state index contributed by atoms with van der Waals surface area (Å²) in [5.41, 5.74) is 0. The number of cyclic esters (lactones) is 1. The van der Waals surface area contributed by atoms with Crippen molar-refractivity contribution < 1.29 is 19.7 Å². The Labute approximate surface area is 75.5 Å². The van der Waals surface area contributed by atoms with Crippen molar-refractivity contribution in [3.63, 3.8) is 0 Å². The molecular weight excluding hydrogens is 172 g/mol. The third kappa shape index (κ3) is 0.758. The number of hydrogen-bond acceptors (Lipinski definition) is 4. The Morgan fingerprint density at radius 3 is 2.85 bits per heavy atom. The summed E-state index contributed by atoms with van der Waals surface area (Å²) < 4.78 is 4.94. The Hall–Kier alpha value is -0.610. The van der Waals surface area contributed by atoms with Crippen molar-refractivity contribution in [2.45, 2.75) is 18.6 Å². The lowest BCUT2D eigenvalue weighted by molar-refractivity contribution is -0.143. The molecular formula is C9H12O4. The molecule has 0 aromatic heterocycles. The van der Waals surface area contributed by atoms with Gasteiger partial charge in [-0.1, -0.05) is 0 Å². The second kappa shape index (κ2) is 2.25. The third-order valence-corrected chi connectivity index (χ3v) is 3.90. The standard InChI is InChI=1S/C9H12O4/c10-5-1-3-6-4(2-13-9(6)12)7(5)8(3)11/h3-8,10-11H,1-2H2/t3-,4-,5+,6-,7-,8+/m1/s1. The fraction of sp³-hybridized carbons (Fsp3) is 0.889. The van der Waals surface area contributed by atoms with E-state index in [0.717, 1.165) is 0 Å². The van der Waals surface area contributed by atoms with Gasteiger partial charge in [-0.2, -0.15) is 0 Å². The number of rotatable bonds is 0. The minimum Gasteiger partial charge on any atom is -0.465 e. The van der Waals surface area contributed by atoms with Gasteiger partial charge in [0.1, 0.15) is 0 Å². The molecule has 4 heteroatoms. The first-order valence-electron chi connectivity index (χ1n) is 4.73. The molecule has 13 heavy (non-hydrogen) atoms. The van der Waals surface area contributed by atoms with Gasteiger partial charge in [0.05, 0.1) is 24.7 Å². The van der Waals surface area contributed by atoms with E-state index in [0.29, 0.717) is 13.0 Å². The van der Waals surface area contributed by atoms with E-state index < -0.39 is 12.2 Å². The predicted octanol–water partition coefficient (Wildman–Crippen LogP) is -0.853. The quantitative estimate of drug-likeness (QED) is 0.481. The Balaban J connectivity index is 1.98. The van der Waals surface area contributed by atoms with Crippen LogP contribution >= 0.6 is 0 Å². The number of aliphatic hydroxyl groups is 2. The minimum absolute atomic E-state index is 0.0556. The zero-order valence-electron chi connectivity index (χ0n) is 7.09. The van der Waals surface area contributed by atoms with Gasteiger partial charge in [-0.15, -0.1) is 0 Å². The number of aliphatic hydroxyl groups excluding tert-OH is 2. The van der Waals surface area contributed by atoms with Gasteiger partial charge < -0.3 is 14.9 Å². The molecule has 1 heterocycles. The van der Waals surface area contributed by atoms with Crippen LogP contribution in [0, 0.1) is 23.7 Å². The van der Waals surface area contributed by atoms with E-state index in [4.69, 9.17) is 4.74 Å². The summed E-state index contributed by atoms with van der Waals surface area (Å²) in [5.74, 6) is -0.426. The number of esters is 1. The number of carbonyl (C=O) groups excluding carboxylic acids is 1. The average Bonchev–Trinajstić information content (AvgIpc) is 2.64. The molecule has 1 saturated heterocycles. The van der Waals surface area contributed by atoms with Gasteiger partial charge in [0, 0.05) is 17.8 Å². The fourth-order valence-electron chi connectivity index (χ4n) is 3.38. The largest absolute Gasteiger partial charge is 0.465 e. The molecule has 3 rings (SSSR count).